The fraction of sp³-hybridized carbons (Fsp3) is 0.600. The van der Waals surface area contributed by atoms with Crippen molar-refractivity contribution in [2.24, 2.45) is 0 Å². The van der Waals surface area contributed by atoms with Crippen molar-refractivity contribution in [3.05, 3.63) is 50.8 Å². The van der Waals surface area contributed by atoms with Gasteiger partial charge in [0.15, 0.2) is 0 Å². The molecule has 2 N–H and O–H groups in total. The summed E-state index contributed by atoms with van der Waals surface area (Å²) in [5.41, 5.74) is 1.20. The molecule has 0 bridgehead atoms. The molecule has 1 fully saturated rings. The zero-order valence-corrected chi connectivity index (χ0v) is 19.9. The molecule has 0 unspecified atom stereocenters. The number of H-pyrrole nitrogens is 1. The van der Waals surface area contributed by atoms with Gasteiger partial charge in [0.25, 0.3) is 5.56 Å². The number of aliphatic hydroxyl groups is 1. The van der Waals surface area contributed by atoms with Crippen molar-refractivity contribution in [1.29, 1.82) is 0 Å². The molecular weight excluding hydrogens is 438 g/mol. The van der Waals surface area contributed by atoms with Gasteiger partial charge in [-0.25, -0.2) is 4.98 Å². The number of nitrogens with zero attached hydrogens (tertiary/aromatic N) is 2. The molecule has 3 heterocycles. The molecule has 8 heteroatoms. The van der Waals surface area contributed by atoms with Crippen LogP contribution in [0.3, 0.4) is 0 Å². The van der Waals surface area contributed by atoms with E-state index in [4.69, 9.17) is 14.1 Å². The van der Waals surface area contributed by atoms with Crippen LogP contribution in [-0.4, -0.2) is 45.3 Å². The van der Waals surface area contributed by atoms with Crippen molar-refractivity contribution >= 4 is 21.6 Å². The summed E-state index contributed by atoms with van der Waals surface area (Å²) in [6.45, 7) is 1.62. The van der Waals surface area contributed by atoms with Gasteiger partial charge in [-0.05, 0) is 56.2 Å². The number of nitrogens with one attached hydrogen (secondary N) is 1. The minimum atomic E-state index is -0.619. The Morgan fingerprint density at radius 1 is 1.24 bits per heavy atom. The summed E-state index contributed by atoms with van der Waals surface area (Å²) in [5, 5.41) is 11.5. The standard InChI is InChI=1S/C25H33N3O4S/c29-18(15-31-16-19-9-6-12-32-19)13-28(17-7-2-1-3-8-17)14-22-26-24(30)23-20-10-4-5-11-21(20)33-25(23)27-22/h6,9,12,17-18,29H,1-5,7-8,10-11,13-16H2,(H,26,27,30)/t18-/m0/s1. The number of aliphatic hydroxyl groups excluding tert-OH is 1. The van der Waals surface area contributed by atoms with E-state index in [1.807, 2.05) is 12.1 Å². The van der Waals surface area contributed by atoms with Crippen LogP contribution in [0.4, 0.5) is 0 Å². The molecule has 0 aliphatic heterocycles. The number of hydrogen-bond donors (Lipinski definition) is 2. The smallest absolute Gasteiger partial charge is 0.259 e. The molecule has 7 nitrogen and oxygen atoms in total. The second kappa shape index (κ2) is 10.5. The Labute approximate surface area is 197 Å². The number of fused-ring (bicyclic) bond motifs is 3. The summed E-state index contributed by atoms with van der Waals surface area (Å²) in [4.78, 5) is 25.4. The van der Waals surface area contributed by atoms with Crippen molar-refractivity contribution in [2.45, 2.75) is 83.1 Å². The van der Waals surface area contributed by atoms with Crippen LogP contribution in [0, 0.1) is 0 Å². The number of thiophene rings is 1. The Kier molecular flexibility index (Phi) is 7.25. The Bertz CT molecular complexity index is 1100. The highest BCUT2D eigenvalue weighted by atomic mass is 32.1. The molecule has 1 saturated carbocycles. The highest BCUT2D eigenvalue weighted by molar-refractivity contribution is 7.18. The maximum atomic E-state index is 13.0. The van der Waals surface area contributed by atoms with E-state index < -0.39 is 6.10 Å². The number of aryl methyl sites for hydroxylation is 2. The first-order chi connectivity index (χ1) is 16.2. The van der Waals surface area contributed by atoms with Gasteiger partial charge in [0, 0.05) is 17.5 Å². The maximum Gasteiger partial charge on any atom is 0.259 e. The predicted molar refractivity (Wildman–Crippen MR) is 129 cm³/mol. The zero-order chi connectivity index (χ0) is 22.6. The molecule has 2 aliphatic carbocycles. The van der Waals surface area contributed by atoms with Crippen LogP contribution in [0.1, 0.15) is 67.0 Å². The van der Waals surface area contributed by atoms with E-state index in [0.717, 1.165) is 48.1 Å². The van der Waals surface area contributed by atoms with Gasteiger partial charge in [-0.3, -0.25) is 9.69 Å². The molecule has 2 aliphatic rings. The summed E-state index contributed by atoms with van der Waals surface area (Å²) in [6, 6.07) is 4.08. The van der Waals surface area contributed by atoms with E-state index in [1.165, 1.54) is 36.1 Å². The third-order valence-corrected chi connectivity index (χ3v) is 8.08. The molecule has 1 atom stereocenters. The van der Waals surface area contributed by atoms with E-state index in [1.54, 1.807) is 17.6 Å². The predicted octanol–water partition coefficient (Wildman–Crippen LogP) is 4.17. The minimum absolute atomic E-state index is 0.0136. The lowest BCUT2D eigenvalue weighted by molar-refractivity contribution is -0.00766. The van der Waals surface area contributed by atoms with Crippen LogP contribution in [0.5, 0.6) is 0 Å². The van der Waals surface area contributed by atoms with Crippen LogP contribution in [0.15, 0.2) is 27.6 Å². The van der Waals surface area contributed by atoms with Gasteiger partial charge in [-0.15, -0.1) is 11.3 Å². The summed E-state index contributed by atoms with van der Waals surface area (Å²) in [5.74, 6) is 1.44. The highest BCUT2D eigenvalue weighted by Crippen LogP contribution is 2.33. The minimum Gasteiger partial charge on any atom is -0.467 e. The van der Waals surface area contributed by atoms with E-state index in [9.17, 15) is 9.90 Å². The molecule has 33 heavy (non-hydrogen) atoms. The van der Waals surface area contributed by atoms with E-state index >= 15 is 0 Å². The molecule has 0 amide bonds. The van der Waals surface area contributed by atoms with Crippen molar-refractivity contribution in [3.8, 4) is 0 Å². The molecule has 0 aromatic carbocycles. The second-order valence-corrected chi connectivity index (χ2v) is 10.5. The number of rotatable bonds is 9. The van der Waals surface area contributed by atoms with Crippen LogP contribution < -0.4 is 5.56 Å². The summed E-state index contributed by atoms with van der Waals surface area (Å²) >= 11 is 1.69. The fourth-order valence-electron chi connectivity index (χ4n) is 5.28. The van der Waals surface area contributed by atoms with E-state index in [0.29, 0.717) is 31.6 Å². The molecule has 3 aromatic rings. The topological polar surface area (TPSA) is 91.6 Å². The first-order valence-electron chi connectivity index (χ1n) is 12.2. The van der Waals surface area contributed by atoms with Gasteiger partial charge < -0.3 is 19.2 Å². The van der Waals surface area contributed by atoms with Crippen molar-refractivity contribution < 1.29 is 14.3 Å². The second-order valence-electron chi connectivity index (χ2n) is 9.37. The summed E-state index contributed by atoms with van der Waals surface area (Å²) in [6.07, 6.45) is 11.3. The van der Waals surface area contributed by atoms with Crippen molar-refractivity contribution in [3.63, 3.8) is 0 Å². The average molecular weight is 472 g/mol. The lowest BCUT2D eigenvalue weighted by Crippen LogP contribution is -2.43. The van der Waals surface area contributed by atoms with Gasteiger partial charge in [-0.1, -0.05) is 19.3 Å². The van der Waals surface area contributed by atoms with Gasteiger partial charge in [0.05, 0.1) is 30.9 Å². The number of furan rings is 1. The lowest BCUT2D eigenvalue weighted by Gasteiger charge is -2.35. The molecule has 0 spiro atoms. The van der Waals surface area contributed by atoms with Crippen LogP contribution >= 0.6 is 11.3 Å². The number of ether oxygens (including phenoxy) is 1. The number of aromatic amines is 1. The largest absolute Gasteiger partial charge is 0.467 e. The zero-order valence-electron chi connectivity index (χ0n) is 19.1. The third kappa shape index (κ3) is 5.40. The Morgan fingerprint density at radius 3 is 2.91 bits per heavy atom. The SMILES string of the molecule is O=c1[nH]c(CN(C[C@H](O)COCc2ccco2)C2CCCCC2)nc2sc3c(c12)CCCC3. The number of aromatic nitrogens is 2. The summed E-state index contributed by atoms with van der Waals surface area (Å²) < 4.78 is 10.9. The summed E-state index contributed by atoms with van der Waals surface area (Å²) in [7, 11) is 0. The third-order valence-electron chi connectivity index (χ3n) is 6.90. The monoisotopic (exact) mass is 471 g/mol. The van der Waals surface area contributed by atoms with Crippen LogP contribution in [-0.2, 0) is 30.7 Å². The lowest BCUT2D eigenvalue weighted by atomic mass is 9.94. The average Bonchev–Trinajstić information content (AvgIpc) is 3.47. The highest BCUT2D eigenvalue weighted by Gasteiger charge is 2.25. The number of hydrogen-bond acceptors (Lipinski definition) is 7. The first kappa shape index (κ1) is 22.8. The normalized spacial score (nSPS) is 18.1. The molecule has 0 saturated heterocycles. The molecule has 3 aromatic heterocycles. The molecule has 5 rings (SSSR count). The van der Waals surface area contributed by atoms with E-state index in [-0.39, 0.29) is 12.2 Å². The molecular formula is C25H33N3O4S. The van der Waals surface area contributed by atoms with Crippen molar-refractivity contribution in [1.82, 2.24) is 14.9 Å². The Balaban J connectivity index is 1.30. The van der Waals surface area contributed by atoms with Gasteiger partial charge >= 0.3 is 0 Å². The maximum absolute atomic E-state index is 13.0. The van der Waals surface area contributed by atoms with Crippen LogP contribution in [0.2, 0.25) is 0 Å². The Morgan fingerprint density at radius 2 is 2.09 bits per heavy atom. The quantitative estimate of drug-likeness (QED) is 0.487. The fourth-order valence-corrected chi connectivity index (χ4v) is 6.56. The van der Waals surface area contributed by atoms with Crippen LogP contribution in [0.25, 0.3) is 10.2 Å². The van der Waals surface area contributed by atoms with Crippen molar-refractivity contribution in [2.75, 3.05) is 13.2 Å². The molecule has 0 radical (unpaired) electrons. The van der Waals surface area contributed by atoms with Gasteiger partial charge in [0.1, 0.15) is 23.0 Å². The Hall–Kier alpha value is -2.00. The molecule has 178 valence electrons. The van der Waals surface area contributed by atoms with Gasteiger partial charge in [-0.2, -0.15) is 0 Å². The van der Waals surface area contributed by atoms with Gasteiger partial charge in [0.2, 0.25) is 0 Å². The first-order valence-corrected chi connectivity index (χ1v) is 13.0. The van der Waals surface area contributed by atoms with E-state index in [2.05, 4.69) is 9.88 Å².